The minimum atomic E-state index is -0.195. The number of amides is 1. The lowest BCUT2D eigenvalue weighted by molar-refractivity contribution is 0.0939. The second-order valence-corrected chi connectivity index (χ2v) is 4.71. The van der Waals surface area contributed by atoms with Crippen LogP contribution in [0, 0.1) is 0 Å². The first-order valence-electron chi connectivity index (χ1n) is 6.84. The molecule has 1 amide bonds. The fourth-order valence-corrected chi connectivity index (χ4v) is 2.00. The summed E-state index contributed by atoms with van der Waals surface area (Å²) in [6.07, 6.45) is 3.43. The lowest BCUT2D eigenvalue weighted by atomic mass is 10.1. The fraction of sp³-hybridized carbons (Fsp3) is 0.250. The van der Waals surface area contributed by atoms with Gasteiger partial charge in [-0.3, -0.25) is 9.78 Å². The zero-order valence-corrected chi connectivity index (χ0v) is 12.2. The van der Waals surface area contributed by atoms with E-state index in [1.54, 1.807) is 30.6 Å². The monoisotopic (exact) mass is 285 g/mol. The van der Waals surface area contributed by atoms with E-state index < -0.39 is 0 Å². The van der Waals surface area contributed by atoms with Crippen LogP contribution >= 0.6 is 0 Å². The van der Waals surface area contributed by atoms with E-state index in [0.717, 1.165) is 5.56 Å². The van der Waals surface area contributed by atoms with Gasteiger partial charge in [-0.05, 0) is 37.6 Å². The number of carbonyl (C=O) groups excluding carboxylic acids is 1. The number of benzene rings is 1. The van der Waals surface area contributed by atoms with Gasteiger partial charge in [0.25, 0.3) is 5.91 Å². The van der Waals surface area contributed by atoms with Crippen molar-refractivity contribution in [2.45, 2.75) is 19.9 Å². The minimum Gasteiger partial charge on any atom is -0.494 e. The van der Waals surface area contributed by atoms with Gasteiger partial charge in [0.1, 0.15) is 5.75 Å². The molecule has 0 saturated heterocycles. The van der Waals surface area contributed by atoms with Crippen molar-refractivity contribution in [2.75, 3.05) is 12.3 Å². The third-order valence-electron chi connectivity index (χ3n) is 3.03. The van der Waals surface area contributed by atoms with E-state index in [1.165, 1.54) is 0 Å². The number of nitrogens with zero attached hydrogens (tertiary/aromatic N) is 1. The maximum Gasteiger partial charge on any atom is 0.251 e. The van der Waals surface area contributed by atoms with Gasteiger partial charge in [-0.1, -0.05) is 6.07 Å². The number of nitrogens with two attached hydrogens (primary N) is 1. The van der Waals surface area contributed by atoms with Crippen LogP contribution in [0.25, 0.3) is 0 Å². The van der Waals surface area contributed by atoms with Crippen LogP contribution in [-0.2, 0) is 0 Å². The molecule has 1 unspecified atom stereocenters. The van der Waals surface area contributed by atoms with Crippen molar-refractivity contribution in [2.24, 2.45) is 0 Å². The maximum absolute atomic E-state index is 12.3. The van der Waals surface area contributed by atoms with Crippen molar-refractivity contribution < 1.29 is 9.53 Å². The summed E-state index contributed by atoms with van der Waals surface area (Å²) in [4.78, 5) is 16.3. The summed E-state index contributed by atoms with van der Waals surface area (Å²) in [7, 11) is 0. The summed E-state index contributed by atoms with van der Waals surface area (Å²) in [5, 5.41) is 2.92. The predicted octanol–water partition coefficient (Wildman–Crippen LogP) is 2.55. The number of hydrogen-bond acceptors (Lipinski definition) is 4. The predicted molar refractivity (Wildman–Crippen MR) is 82.1 cm³/mol. The van der Waals surface area contributed by atoms with Crippen LogP contribution in [0.1, 0.15) is 35.8 Å². The van der Waals surface area contributed by atoms with E-state index in [2.05, 4.69) is 10.3 Å². The van der Waals surface area contributed by atoms with Gasteiger partial charge < -0.3 is 15.8 Å². The highest BCUT2D eigenvalue weighted by Crippen LogP contribution is 2.20. The van der Waals surface area contributed by atoms with Gasteiger partial charge in [0.15, 0.2) is 0 Å². The highest BCUT2D eigenvalue weighted by molar-refractivity contribution is 5.95. The van der Waals surface area contributed by atoms with Crippen molar-refractivity contribution in [3.63, 3.8) is 0 Å². The molecule has 110 valence electrons. The van der Waals surface area contributed by atoms with Gasteiger partial charge in [-0.25, -0.2) is 0 Å². The van der Waals surface area contributed by atoms with Crippen molar-refractivity contribution >= 4 is 11.6 Å². The van der Waals surface area contributed by atoms with Crippen molar-refractivity contribution in [1.29, 1.82) is 0 Å². The van der Waals surface area contributed by atoms with Gasteiger partial charge >= 0.3 is 0 Å². The second-order valence-electron chi connectivity index (χ2n) is 4.71. The lowest BCUT2D eigenvalue weighted by Gasteiger charge is -2.14. The van der Waals surface area contributed by atoms with Crippen molar-refractivity contribution in [3.8, 4) is 5.75 Å². The van der Waals surface area contributed by atoms with Gasteiger partial charge in [0, 0.05) is 29.7 Å². The van der Waals surface area contributed by atoms with E-state index in [9.17, 15) is 4.79 Å². The maximum atomic E-state index is 12.3. The lowest BCUT2D eigenvalue weighted by Crippen LogP contribution is -2.26. The second kappa shape index (κ2) is 6.74. The first-order valence-corrected chi connectivity index (χ1v) is 6.84. The first-order chi connectivity index (χ1) is 10.1. The molecule has 0 radical (unpaired) electrons. The fourth-order valence-electron chi connectivity index (χ4n) is 2.00. The standard InChI is InChI=1S/C16H19N3O2/c1-3-21-15-8-13(7-14(17)9-15)16(20)19-11(2)12-5-4-6-18-10-12/h4-11H,3,17H2,1-2H3,(H,19,20). The van der Waals surface area contributed by atoms with Crippen LogP contribution in [0.5, 0.6) is 5.75 Å². The number of rotatable bonds is 5. The molecule has 3 N–H and O–H groups in total. The number of hydrogen-bond donors (Lipinski definition) is 2. The molecule has 0 fully saturated rings. The molecule has 0 aliphatic rings. The molecule has 0 bridgehead atoms. The molecule has 21 heavy (non-hydrogen) atoms. The van der Waals surface area contributed by atoms with Crippen molar-refractivity contribution in [1.82, 2.24) is 10.3 Å². The molecule has 1 atom stereocenters. The number of nitrogens with one attached hydrogen (secondary N) is 1. The van der Waals surface area contributed by atoms with E-state index >= 15 is 0 Å². The molecule has 1 aromatic carbocycles. The quantitative estimate of drug-likeness (QED) is 0.828. The third-order valence-corrected chi connectivity index (χ3v) is 3.03. The summed E-state index contributed by atoms with van der Waals surface area (Å²) < 4.78 is 5.40. The molecule has 5 heteroatoms. The highest BCUT2D eigenvalue weighted by Gasteiger charge is 2.13. The van der Waals surface area contributed by atoms with Crippen LogP contribution in [0.3, 0.4) is 0 Å². The topological polar surface area (TPSA) is 77.2 Å². The Bertz CT molecular complexity index is 614. The molecule has 1 heterocycles. The minimum absolute atomic E-state index is 0.136. The largest absolute Gasteiger partial charge is 0.494 e. The Hall–Kier alpha value is -2.56. The van der Waals surface area contributed by atoms with Gasteiger partial charge in [-0.2, -0.15) is 0 Å². The Kier molecular flexibility index (Phi) is 4.77. The molecule has 2 aromatic rings. The molecular formula is C16H19N3O2. The molecule has 5 nitrogen and oxygen atoms in total. The SMILES string of the molecule is CCOc1cc(N)cc(C(=O)NC(C)c2cccnc2)c1. The average Bonchev–Trinajstić information content (AvgIpc) is 2.48. The summed E-state index contributed by atoms with van der Waals surface area (Å²) in [6.45, 7) is 4.31. The molecule has 0 aliphatic heterocycles. The molecule has 0 aliphatic carbocycles. The highest BCUT2D eigenvalue weighted by atomic mass is 16.5. The average molecular weight is 285 g/mol. The van der Waals surface area contributed by atoms with E-state index in [1.807, 2.05) is 26.0 Å². The molecule has 0 saturated carbocycles. The zero-order chi connectivity index (χ0) is 15.2. The number of nitrogen functional groups attached to an aromatic ring is 1. The molecular weight excluding hydrogens is 266 g/mol. The molecule has 1 aromatic heterocycles. The van der Waals surface area contributed by atoms with E-state index in [-0.39, 0.29) is 11.9 Å². The number of anilines is 1. The number of pyridine rings is 1. The Morgan fingerprint density at radius 3 is 2.90 bits per heavy atom. The Morgan fingerprint density at radius 2 is 2.24 bits per heavy atom. The summed E-state index contributed by atoms with van der Waals surface area (Å²) >= 11 is 0. The Morgan fingerprint density at radius 1 is 1.43 bits per heavy atom. The van der Waals surface area contributed by atoms with Crippen LogP contribution in [0.4, 0.5) is 5.69 Å². The summed E-state index contributed by atoms with van der Waals surface area (Å²) in [5.74, 6) is 0.399. The third kappa shape index (κ3) is 3.95. The smallest absolute Gasteiger partial charge is 0.251 e. The Balaban J connectivity index is 2.13. The summed E-state index contributed by atoms with van der Waals surface area (Å²) in [6, 6.07) is 8.64. The van der Waals surface area contributed by atoms with Crippen LogP contribution in [0.2, 0.25) is 0 Å². The molecule has 0 spiro atoms. The van der Waals surface area contributed by atoms with E-state index in [0.29, 0.717) is 23.6 Å². The number of ether oxygens (including phenoxy) is 1. The van der Waals surface area contributed by atoms with Crippen LogP contribution in [0.15, 0.2) is 42.7 Å². The zero-order valence-electron chi connectivity index (χ0n) is 12.2. The van der Waals surface area contributed by atoms with Crippen LogP contribution < -0.4 is 15.8 Å². The van der Waals surface area contributed by atoms with Crippen LogP contribution in [-0.4, -0.2) is 17.5 Å². The normalized spacial score (nSPS) is 11.7. The Labute approximate surface area is 124 Å². The van der Waals surface area contributed by atoms with Gasteiger partial charge in [-0.15, -0.1) is 0 Å². The summed E-state index contributed by atoms with van der Waals surface area (Å²) in [5.41, 5.74) is 7.72. The number of aromatic nitrogens is 1. The van der Waals surface area contributed by atoms with Crippen molar-refractivity contribution in [3.05, 3.63) is 53.9 Å². The van der Waals surface area contributed by atoms with Gasteiger partial charge in [0.2, 0.25) is 0 Å². The van der Waals surface area contributed by atoms with Gasteiger partial charge in [0.05, 0.1) is 12.6 Å². The first kappa shape index (κ1) is 14.8. The molecule has 2 rings (SSSR count). The van der Waals surface area contributed by atoms with E-state index in [4.69, 9.17) is 10.5 Å². The number of carbonyl (C=O) groups is 1.